The molecule has 1 saturated heterocycles. The number of amides is 1. The highest BCUT2D eigenvalue weighted by atomic mass is 79.9. The molecule has 0 unspecified atom stereocenters. The van der Waals surface area contributed by atoms with E-state index in [1.807, 2.05) is 32.1 Å². The van der Waals surface area contributed by atoms with Gasteiger partial charge in [0.1, 0.15) is 15.8 Å². The molecule has 0 spiro atoms. The minimum absolute atomic E-state index is 0.0452. The fraction of sp³-hybridized carbons (Fsp3) is 0.444. The summed E-state index contributed by atoms with van der Waals surface area (Å²) in [6.45, 7) is 9.72. The molecule has 25 heavy (non-hydrogen) atoms. The molecule has 2 rings (SSSR count). The Morgan fingerprint density at radius 2 is 1.88 bits per heavy atom. The van der Waals surface area contributed by atoms with Crippen LogP contribution < -0.4 is 9.47 Å². The third kappa shape index (κ3) is 4.99. The summed E-state index contributed by atoms with van der Waals surface area (Å²) in [7, 11) is 0. The number of benzene rings is 1. The molecule has 1 amide bonds. The van der Waals surface area contributed by atoms with Gasteiger partial charge in [0.05, 0.1) is 22.6 Å². The summed E-state index contributed by atoms with van der Waals surface area (Å²) < 4.78 is 12.8. The lowest BCUT2D eigenvalue weighted by molar-refractivity contribution is -0.122. The lowest BCUT2D eigenvalue weighted by Gasteiger charge is -2.16. The average Bonchev–Trinajstić information content (AvgIpc) is 2.79. The molecule has 0 radical (unpaired) electrons. The molecule has 4 nitrogen and oxygen atoms in total. The molecule has 0 saturated carbocycles. The molecular weight excluding hydrogens is 422 g/mol. The number of thiocarbonyl (C=S) groups is 1. The number of rotatable bonds is 7. The van der Waals surface area contributed by atoms with E-state index in [2.05, 4.69) is 29.8 Å². The summed E-state index contributed by atoms with van der Waals surface area (Å²) in [5, 5.41) is 0. The van der Waals surface area contributed by atoms with Gasteiger partial charge in [-0.25, -0.2) is 0 Å². The molecule has 1 aliphatic heterocycles. The van der Waals surface area contributed by atoms with Gasteiger partial charge in [-0.05, 0) is 47.8 Å². The van der Waals surface area contributed by atoms with E-state index in [1.54, 1.807) is 4.90 Å². The Bertz CT molecular complexity index is 704. The van der Waals surface area contributed by atoms with Gasteiger partial charge in [0.25, 0.3) is 5.91 Å². The highest BCUT2D eigenvalue weighted by Crippen LogP contribution is 2.38. The maximum absolute atomic E-state index is 12.7. The largest absolute Gasteiger partial charge is 0.493 e. The third-order valence-electron chi connectivity index (χ3n) is 3.37. The fourth-order valence-corrected chi connectivity index (χ4v) is 4.11. The smallest absolute Gasteiger partial charge is 0.266 e. The molecule has 0 aromatic heterocycles. The van der Waals surface area contributed by atoms with Crippen LogP contribution in [0, 0.1) is 5.92 Å². The maximum atomic E-state index is 12.7. The summed E-state index contributed by atoms with van der Waals surface area (Å²) >= 11 is 10.2. The Labute approximate surface area is 167 Å². The van der Waals surface area contributed by atoms with E-state index in [0.29, 0.717) is 40.7 Å². The van der Waals surface area contributed by atoms with Crippen LogP contribution in [0.2, 0.25) is 0 Å². The molecule has 1 heterocycles. The maximum Gasteiger partial charge on any atom is 0.266 e. The Morgan fingerprint density at radius 1 is 1.24 bits per heavy atom. The quantitative estimate of drug-likeness (QED) is 0.432. The fourth-order valence-electron chi connectivity index (χ4n) is 2.37. The van der Waals surface area contributed by atoms with E-state index in [9.17, 15) is 4.79 Å². The molecule has 0 bridgehead atoms. The summed E-state index contributed by atoms with van der Waals surface area (Å²) in [4.78, 5) is 14.9. The van der Waals surface area contributed by atoms with Gasteiger partial charge in [-0.1, -0.05) is 37.8 Å². The van der Waals surface area contributed by atoms with Gasteiger partial charge in [0.15, 0.2) is 0 Å². The van der Waals surface area contributed by atoms with Crippen molar-refractivity contribution in [2.24, 2.45) is 5.92 Å². The Hall–Kier alpha value is -1.05. The molecule has 0 N–H and O–H groups in total. The SMILES string of the molecule is CCOc1cc(OCC)c(C=C2SC(=S)N(CC(C)C)C2=O)cc1Br. The number of thioether (sulfide) groups is 1. The summed E-state index contributed by atoms with van der Waals surface area (Å²) in [5.41, 5.74) is 0.822. The van der Waals surface area contributed by atoms with Crippen LogP contribution >= 0.6 is 39.9 Å². The van der Waals surface area contributed by atoms with Crippen LogP contribution in [-0.4, -0.2) is 34.9 Å². The molecule has 0 aliphatic carbocycles. The molecule has 1 aliphatic rings. The molecule has 1 fully saturated rings. The second kappa shape index (κ2) is 9.05. The zero-order valence-electron chi connectivity index (χ0n) is 14.8. The molecular formula is C18H22BrNO3S2. The summed E-state index contributed by atoms with van der Waals surface area (Å²) in [6.07, 6.45) is 1.84. The van der Waals surface area contributed by atoms with Gasteiger partial charge in [-0.2, -0.15) is 0 Å². The van der Waals surface area contributed by atoms with E-state index < -0.39 is 0 Å². The van der Waals surface area contributed by atoms with Gasteiger partial charge in [0.2, 0.25) is 0 Å². The lowest BCUT2D eigenvalue weighted by Crippen LogP contribution is -2.31. The van der Waals surface area contributed by atoms with Crippen LogP contribution in [-0.2, 0) is 4.79 Å². The monoisotopic (exact) mass is 443 g/mol. The predicted octanol–water partition coefficient (Wildman–Crippen LogP) is 5.10. The van der Waals surface area contributed by atoms with E-state index in [-0.39, 0.29) is 5.91 Å². The second-order valence-electron chi connectivity index (χ2n) is 5.87. The zero-order valence-corrected chi connectivity index (χ0v) is 18.0. The van der Waals surface area contributed by atoms with Crippen molar-refractivity contribution in [3.63, 3.8) is 0 Å². The average molecular weight is 444 g/mol. The number of hydrogen-bond acceptors (Lipinski definition) is 5. The molecule has 7 heteroatoms. The first kappa shape index (κ1) is 20.3. The zero-order chi connectivity index (χ0) is 18.6. The van der Waals surface area contributed by atoms with Gasteiger partial charge < -0.3 is 9.47 Å². The van der Waals surface area contributed by atoms with Crippen molar-refractivity contribution in [1.29, 1.82) is 0 Å². The minimum Gasteiger partial charge on any atom is -0.493 e. The van der Waals surface area contributed by atoms with Crippen LogP contribution in [0.3, 0.4) is 0 Å². The van der Waals surface area contributed by atoms with Gasteiger partial charge in [0, 0.05) is 18.2 Å². The number of halogens is 1. The van der Waals surface area contributed by atoms with E-state index >= 15 is 0 Å². The molecule has 0 atom stereocenters. The lowest BCUT2D eigenvalue weighted by atomic mass is 10.1. The van der Waals surface area contributed by atoms with E-state index in [0.717, 1.165) is 15.8 Å². The highest BCUT2D eigenvalue weighted by Gasteiger charge is 2.32. The van der Waals surface area contributed by atoms with Crippen molar-refractivity contribution >= 4 is 56.2 Å². The number of carbonyl (C=O) groups excluding carboxylic acids is 1. The number of hydrogen-bond donors (Lipinski definition) is 0. The van der Waals surface area contributed by atoms with Crippen LogP contribution in [0.15, 0.2) is 21.5 Å². The van der Waals surface area contributed by atoms with Crippen LogP contribution in [0.4, 0.5) is 0 Å². The van der Waals surface area contributed by atoms with Crippen molar-refractivity contribution < 1.29 is 14.3 Å². The second-order valence-corrected chi connectivity index (χ2v) is 8.40. The minimum atomic E-state index is -0.0452. The Balaban J connectivity index is 2.38. The first-order valence-corrected chi connectivity index (χ1v) is 10.2. The number of ether oxygens (including phenoxy) is 2. The Kier molecular flexibility index (Phi) is 7.34. The van der Waals surface area contributed by atoms with Gasteiger partial charge >= 0.3 is 0 Å². The van der Waals surface area contributed by atoms with Gasteiger partial charge in [-0.15, -0.1) is 0 Å². The van der Waals surface area contributed by atoms with Crippen molar-refractivity contribution in [2.75, 3.05) is 19.8 Å². The van der Waals surface area contributed by atoms with Crippen LogP contribution in [0.1, 0.15) is 33.3 Å². The standard InChI is InChI=1S/C18H22BrNO3S2/c1-5-22-14-9-15(23-6-2)13(19)7-12(14)8-16-17(21)20(10-11(3)4)18(24)25-16/h7-9,11H,5-6,10H2,1-4H3. The van der Waals surface area contributed by atoms with Crippen LogP contribution in [0.25, 0.3) is 6.08 Å². The summed E-state index contributed by atoms with van der Waals surface area (Å²) in [5.74, 6) is 1.72. The van der Waals surface area contributed by atoms with E-state index in [1.165, 1.54) is 11.8 Å². The Morgan fingerprint density at radius 3 is 2.48 bits per heavy atom. The van der Waals surface area contributed by atoms with Crippen molar-refractivity contribution in [3.8, 4) is 11.5 Å². The van der Waals surface area contributed by atoms with Crippen molar-refractivity contribution in [2.45, 2.75) is 27.7 Å². The van der Waals surface area contributed by atoms with Crippen molar-refractivity contribution in [1.82, 2.24) is 4.90 Å². The number of nitrogens with zero attached hydrogens (tertiary/aromatic N) is 1. The van der Waals surface area contributed by atoms with Gasteiger partial charge in [-0.3, -0.25) is 9.69 Å². The van der Waals surface area contributed by atoms with E-state index in [4.69, 9.17) is 21.7 Å². The molecule has 1 aromatic rings. The topological polar surface area (TPSA) is 38.8 Å². The first-order valence-electron chi connectivity index (χ1n) is 8.21. The molecule has 1 aromatic carbocycles. The van der Waals surface area contributed by atoms with Crippen LogP contribution in [0.5, 0.6) is 11.5 Å². The normalized spacial score (nSPS) is 16.2. The first-order chi connectivity index (χ1) is 11.9. The predicted molar refractivity (Wildman–Crippen MR) is 111 cm³/mol. The summed E-state index contributed by atoms with van der Waals surface area (Å²) in [6, 6.07) is 3.75. The third-order valence-corrected chi connectivity index (χ3v) is 5.37. The van der Waals surface area contributed by atoms with Crippen molar-refractivity contribution in [3.05, 3.63) is 27.1 Å². The molecule has 136 valence electrons. The highest BCUT2D eigenvalue weighted by molar-refractivity contribution is 9.10. The number of carbonyl (C=O) groups is 1.